The van der Waals surface area contributed by atoms with Crippen LogP contribution in [0.15, 0.2) is 65.0 Å². The Balaban J connectivity index is 3.19. The molecular formula is C32H54OSi. The predicted octanol–water partition coefficient (Wildman–Crippen LogP) is 10.1. The van der Waals surface area contributed by atoms with E-state index in [0.717, 1.165) is 18.8 Å². The molecule has 0 aromatic heterocycles. The van der Waals surface area contributed by atoms with E-state index in [-0.39, 0.29) is 0 Å². The van der Waals surface area contributed by atoms with Gasteiger partial charge in [-0.15, -0.1) is 0 Å². The van der Waals surface area contributed by atoms with Crippen LogP contribution in [-0.2, 0) is 4.43 Å². The molecule has 0 fully saturated rings. The first-order valence-electron chi connectivity index (χ1n) is 13.8. The Morgan fingerprint density at radius 2 is 1.44 bits per heavy atom. The van der Waals surface area contributed by atoms with E-state index in [0.29, 0.717) is 5.92 Å². The first-order valence-corrected chi connectivity index (χ1v) is 16.7. The smallest absolute Gasteiger partial charge is 0.276 e. The Hall–Kier alpha value is -1.54. The summed E-state index contributed by atoms with van der Waals surface area (Å²) in [4.78, 5) is 0. The molecule has 0 spiro atoms. The number of allylic oxidation sites excluding steroid dienone is 6. The summed E-state index contributed by atoms with van der Waals surface area (Å²) in [6.45, 7) is 20.7. The highest BCUT2D eigenvalue weighted by atomic mass is 28.4. The lowest BCUT2D eigenvalue weighted by atomic mass is 9.87. The van der Waals surface area contributed by atoms with Crippen LogP contribution in [-0.4, -0.2) is 8.32 Å². The zero-order valence-corrected chi connectivity index (χ0v) is 25.0. The van der Waals surface area contributed by atoms with E-state index < -0.39 is 8.32 Å². The van der Waals surface area contributed by atoms with Crippen LogP contribution in [0.1, 0.15) is 106 Å². The van der Waals surface area contributed by atoms with Gasteiger partial charge in [0.05, 0.1) is 5.76 Å². The molecular weight excluding hydrogens is 428 g/mol. The molecule has 0 bridgehead atoms. The molecule has 0 N–H and O–H groups in total. The normalized spacial score (nSPS) is 14.1. The van der Waals surface area contributed by atoms with Gasteiger partial charge in [0.1, 0.15) is 0 Å². The second-order valence-corrected chi connectivity index (χ2v) is 15.1. The third-order valence-corrected chi connectivity index (χ3v) is 9.31. The van der Waals surface area contributed by atoms with Crippen molar-refractivity contribution in [1.29, 1.82) is 0 Å². The lowest BCUT2D eigenvalue weighted by molar-refractivity contribution is 0.369. The van der Waals surface area contributed by atoms with Crippen LogP contribution < -0.4 is 5.19 Å². The summed E-state index contributed by atoms with van der Waals surface area (Å²) in [5, 5.41) is 1.38. The van der Waals surface area contributed by atoms with Gasteiger partial charge in [0, 0.05) is 6.42 Å². The minimum Gasteiger partial charge on any atom is -0.543 e. The van der Waals surface area contributed by atoms with Crippen molar-refractivity contribution in [2.45, 2.75) is 119 Å². The van der Waals surface area contributed by atoms with Gasteiger partial charge in [0.25, 0.3) is 8.32 Å². The molecule has 0 saturated carbocycles. The summed E-state index contributed by atoms with van der Waals surface area (Å²) in [5.41, 5.74) is 4.45. The van der Waals surface area contributed by atoms with E-state index in [1.165, 1.54) is 67.0 Å². The molecule has 1 aromatic rings. The molecule has 1 rings (SSSR count). The zero-order chi connectivity index (χ0) is 25.6. The van der Waals surface area contributed by atoms with E-state index in [9.17, 15) is 0 Å². The molecule has 192 valence electrons. The van der Waals surface area contributed by atoms with Crippen LogP contribution in [0.4, 0.5) is 0 Å². The topological polar surface area (TPSA) is 9.23 Å². The maximum atomic E-state index is 7.08. The van der Waals surface area contributed by atoms with E-state index in [1.54, 1.807) is 5.57 Å². The van der Waals surface area contributed by atoms with Crippen LogP contribution in [0.2, 0.25) is 13.1 Å². The highest BCUT2D eigenvalue weighted by molar-refractivity contribution is 6.84. The summed E-state index contributed by atoms with van der Waals surface area (Å²) in [7, 11) is -2.02. The molecule has 0 heterocycles. The molecule has 2 atom stereocenters. The van der Waals surface area contributed by atoms with Crippen LogP contribution in [0.25, 0.3) is 0 Å². The number of hydrogen-bond donors (Lipinski definition) is 0. The van der Waals surface area contributed by atoms with Gasteiger partial charge >= 0.3 is 0 Å². The van der Waals surface area contributed by atoms with Crippen molar-refractivity contribution in [3.05, 3.63) is 65.0 Å². The number of unbranched alkanes of at least 4 members (excludes halogenated alkanes) is 1. The lowest BCUT2D eigenvalue weighted by Crippen LogP contribution is -2.44. The second kappa shape index (κ2) is 16.2. The van der Waals surface area contributed by atoms with Gasteiger partial charge in [-0.3, -0.25) is 0 Å². The predicted molar refractivity (Wildman–Crippen MR) is 156 cm³/mol. The molecule has 1 aromatic carbocycles. The van der Waals surface area contributed by atoms with Crippen molar-refractivity contribution in [2.75, 3.05) is 0 Å². The van der Waals surface area contributed by atoms with Crippen molar-refractivity contribution < 1.29 is 4.43 Å². The third kappa shape index (κ3) is 12.2. The Bertz CT molecular complexity index is 776. The van der Waals surface area contributed by atoms with Gasteiger partial charge in [-0.05, 0) is 108 Å². The number of benzene rings is 1. The van der Waals surface area contributed by atoms with Gasteiger partial charge in [0.15, 0.2) is 0 Å². The Morgan fingerprint density at radius 3 is 2.00 bits per heavy atom. The van der Waals surface area contributed by atoms with Crippen molar-refractivity contribution in [3.8, 4) is 0 Å². The molecule has 2 heteroatoms. The van der Waals surface area contributed by atoms with E-state index in [4.69, 9.17) is 4.43 Å². The van der Waals surface area contributed by atoms with Crippen molar-refractivity contribution in [2.24, 2.45) is 11.8 Å². The number of rotatable bonds is 16. The average molecular weight is 483 g/mol. The highest BCUT2D eigenvalue weighted by Gasteiger charge is 2.29. The molecule has 0 radical (unpaired) electrons. The molecule has 0 aliphatic carbocycles. The number of hydrogen-bond acceptors (Lipinski definition) is 1. The third-order valence-electron chi connectivity index (χ3n) is 6.83. The summed E-state index contributed by atoms with van der Waals surface area (Å²) >= 11 is 0. The van der Waals surface area contributed by atoms with E-state index in [2.05, 4.69) is 104 Å². The molecule has 34 heavy (non-hydrogen) atoms. The lowest BCUT2D eigenvalue weighted by Gasteiger charge is -2.31. The van der Waals surface area contributed by atoms with Crippen molar-refractivity contribution in [3.63, 3.8) is 0 Å². The van der Waals surface area contributed by atoms with Gasteiger partial charge in [-0.1, -0.05) is 80.8 Å². The van der Waals surface area contributed by atoms with Gasteiger partial charge in [0.2, 0.25) is 0 Å². The maximum Gasteiger partial charge on any atom is 0.276 e. The van der Waals surface area contributed by atoms with Gasteiger partial charge in [-0.25, -0.2) is 0 Å². The van der Waals surface area contributed by atoms with Gasteiger partial charge in [-0.2, -0.15) is 0 Å². The van der Waals surface area contributed by atoms with Gasteiger partial charge < -0.3 is 4.43 Å². The highest BCUT2D eigenvalue weighted by Crippen LogP contribution is 2.32. The van der Waals surface area contributed by atoms with Crippen molar-refractivity contribution >= 4 is 13.5 Å². The summed E-state index contributed by atoms with van der Waals surface area (Å²) in [6.07, 6.45) is 15.5. The summed E-state index contributed by atoms with van der Waals surface area (Å²) in [6, 6.07) is 10.9. The molecule has 1 nitrogen and oxygen atoms in total. The summed E-state index contributed by atoms with van der Waals surface area (Å²) in [5.74, 6) is 2.62. The Kier molecular flexibility index (Phi) is 14.5. The Morgan fingerprint density at radius 1 is 0.853 bits per heavy atom. The Labute approximate surface area is 213 Å². The van der Waals surface area contributed by atoms with Crippen LogP contribution in [0.5, 0.6) is 0 Å². The molecule has 0 unspecified atom stereocenters. The largest absolute Gasteiger partial charge is 0.543 e. The van der Waals surface area contributed by atoms with E-state index in [1.807, 2.05) is 0 Å². The molecule has 0 aliphatic rings. The fraction of sp³-hybridized carbons (Fsp3) is 0.625. The monoisotopic (exact) mass is 482 g/mol. The van der Waals surface area contributed by atoms with Crippen LogP contribution in [0.3, 0.4) is 0 Å². The fourth-order valence-corrected chi connectivity index (χ4v) is 6.44. The molecule has 0 aliphatic heterocycles. The van der Waals surface area contributed by atoms with Crippen molar-refractivity contribution in [1.82, 2.24) is 0 Å². The van der Waals surface area contributed by atoms with Crippen LogP contribution in [0, 0.1) is 11.8 Å². The SMILES string of the molecule is CCCC/C(O[Si](C)(C)c1ccccc1)=C(/CC[C@@H](C)CCC=C(C)C)[C@@H](C)CCC=C(C)C. The first kappa shape index (κ1) is 30.5. The maximum absolute atomic E-state index is 7.08. The molecule has 0 amide bonds. The summed E-state index contributed by atoms with van der Waals surface area (Å²) < 4.78 is 7.08. The quantitative estimate of drug-likeness (QED) is 0.129. The van der Waals surface area contributed by atoms with E-state index >= 15 is 0 Å². The second-order valence-electron chi connectivity index (χ2n) is 11.3. The average Bonchev–Trinajstić information content (AvgIpc) is 2.77. The standard InChI is InChI=1S/C32H54OSi/c1-10-11-23-32(33-34(8,9)30-21-13-12-14-22-30)31(29(7)20-16-18-27(4)5)25-24-28(6)19-15-17-26(2)3/h12-14,17-18,21-22,28-29H,10-11,15-16,19-20,23-25H2,1-9H3/b32-31+/t28-,29-/m0/s1. The molecule has 0 saturated heterocycles. The fourth-order valence-electron chi connectivity index (χ4n) is 4.48. The minimum atomic E-state index is -2.02. The minimum absolute atomic E-state index is 0.563. The van der Waals surface area contributed by atoms with Crippen LogP contribution >= 0.6 is 0 Å². The first-order chi connectivity index (χ1) is 16.1. The zero-order valence-electron chi connectivity index (χ0n) is 24.0.